The zero-order valence-corrected chi connectivity index (χ0v) is 9.13. The third-order valence-electron chi connectivity index (χ3n) is 3.25. The first-order valence-corrected chi connectivity index (χ1v) is 5.28. The maximum atomic E-state index is 11.7. The van der Waals surface area contributed by atoms with E-state index in [-0.39, 0.29) is 11.9 Å². The molecular formula is C11H18N2O. The Balaban J connectivity index is 2.46. The number of nitrogens with zero attached hydrogens (tertiary/aromatic N) is 1. The van der Waals surface area contributed by atoms with E-state index in [1.807, 2.05) is 6.92 Å². The van der Waals surface area contributed by atoms with Crippen molar-refractivity contribution in [3.8, 4) is 6.07 Å². The summed E-state index contributed by atoms with van der Waals surface area (Å²) < 4.78 is 0. The molecule has 1 aliphatic carbocycles. The van der Waals surface area contributed by atoms with Gasteiger partial charge in [-0.05, 0) is 25.7 Å². The molecule has 0 aromatic heterocycles. The molecule has 0 aromatic carbocycles. The number of nitrogens with one attached hydrogen (secondary N) is 1. The van der Waals surface area contributed by atoms with E-state index in [2.05, 4.69) is 25.2 Å². The quantitative estimate of drug-likeness (QED) is 0.742. The first-order valence-electron chi connectivity index (χ1n) is 5.28. The van der Waals surface area contributed by atoms with Gasteiger partial charge in [-0.2, -0.15) is 5.26 Å². The van der Waals surface area contributed by atoms with Crippen LogP contribution in [-0.2, 0) is 4.79 Å². The van der Waals surface area contributed by atoms with Crippen molar-refractivity contribution in [3.63, 3.8) is 0 Å². The number of hydrogen-bond acceptors (Lipinski definition) is 2. The van der Waals surface area contributed by atoms with Gasteiger partial charge in [0.25, 0.3) is 0 Å². The van der Waals surface area contributed by atoms with E-state index < -0.39 is 5.41 Å². The number of carbonyl (C=O) groups is 1. The van der Waals surface area contributed by atoms with Crippen LogP contribution in [0.2, 0.25) is 0 Å². The molecular weight excluding hydrogens is 176 g/mol. The first kappa shape index (κ1) is 11.0. The lowest BCUT2D eigenvalue weighted by molar-refractivity contribution is -0.125. The summed E-state index contributed by atoms with van der Waals surface area (Å²) in [6, 6.07) is 2.27. The van der Waals surface area contributed by atoms with E-state index in [1.54, 1.807) is 0 Å². The van der Waals surface area contributed by atoms with E-state index in [0.29, 0.717) is 5.92 Å². The molecule has 0 aliphatic heterocycles. The fourth-order valence-electron chi connectivity index (χ4n) is 1.36. The lowest BCUT2D eigenvalue weighted by Crippen LogP contribution is -2.41. The molecule has 2 unspecified atom stereocenters. The van der Waals surface area contributed by atoms with Gasteiger partial charge in [-0.3, -0.25) is 4.79 Å². The van der Waals surface area contributed by atoms with Gasteiger partial charge in [-0.15, -0.1) is 0 Å². The van der Waals surface area contributed by atoms with E-state index in [1.165, 1.54) is 0 Å². The third-order valence-corrected chi connectivity index (χ3v) is 3.25. The molecule has 1 aliphatic rings. The maximum absolute atomic E-state index is 11.7. The summed E-state index contributed by atoms with van der Waals surface area (Å²) in [5.41, 5.74) is -0.679. The van der Waals surface area contributed by atoms with Gasteiger partial charge >= 0.3 is 0 Å². The van der Waals surface area contributed by atoms with E-state index in [9.17, 15) is 4.79 Å². The van der Waals surface area contributed by atoms with Crippen molar-refractivity contribution in [2.45, 2.75) is 46.1 Å². The zero-order chi connectivity index (χ0) is 10.8. The molecule has 0 saturated heterocycles. The molecule has 3 nitrogen and oxygen atoms in total. The van der Waals surface area contributed by atoms with Crippen LogP contribution in [0.5, 0.6) is 0 Å². The van der Waals surface area contributed by atoms with E-state index in [4.69, 9.17) is 5.26 Å². The minimum absolute atomic E-state index is 0.0761. The van der Waals surface area contributed by atoms with Crippen LogP contribution >= 0.6 is 0 Å². The molecule has 0 bridgehead atoms. The zero-order valence-electron chi connectivity index (χ0n) is 9.13. The highest BCUT2D eigenvalue weighted by molar-refractivity contribution is 5.88. The van der Waals surface area contributed by atoms with Crippen LogP contribution in [0.15, 0.2) is 0 Å². The van der Waals surface area contributed by atoms with E-state index in [0.717, 1.165) is 19.3 Å². The summed E-state index contributed by atoms with van der Waals surface area (Å²) >= 11 is 0. The molecule has 1 rings (SSSR count). The van der Waals surface area contributed by atoms with Gasteiger partial charge in [0.05, 0.1) is 6.07 Å². The average molecular weight is 194 g/mol. The molecule has 1 N–H and O–H groups in total. The summed E-state index contributed by atoms with van der Waals surface area (Å²) in [6.45, 7) is 6.21. The predicted molar refractivity (Wildman–Crippen MR) is 54.3 cm³/mol. The Hall–Kier alpha value is -1.04. The second kappa shape index (κ2) is 4.00. The van der Waals surface area contributed by atoms with E-state index >= 15 is 0 Å². The standard InChI is InChI=1S/C11H18N2O/c1-4-8(2)9(3)13-10(14)11(7-12)5-6-11/h8-9H,4-6H2,1-3H3,(H,13,14). The Morgan fingerprint density at radius 1 is 1.57 bits per heavy atom. The Labute approximate surface area is 85.5 Å². The van der Waals surface area contributed by atoms with Gasteiger partial charge in [-0.25, -0.2) is 0 Å². The topological polar surface area (TPSA) is 52.9 Å². The van der Waals surface area contributed by atoms with Crippen LogP contribution in [0, 0.1) is 22.7 Å². The molecule has 78 valence electrons. The first-order chi connectivity index (χ1) is 6.55. The van der Waals surface area contributed by atoms with Crippen LogP contribution in [0.1, 0.15) is 40.0 Å². The van der Waals surface area contributed by atoms with Gasteiger partial charge in [0.2, 0.25) is 5.91 Å². The average Bonchev–Trinajstić information content (AvgIpc) is 2.96. The number of hydrogen-bond donors (Lipinski definition) is 1. The van der Waals surface area contributed by atoms with Crippen molar-refractivity contribution in [2.24, 2.45) is 11.3 Å². The molecule has 1 amide bonds. The second-order valence-corrected chi connectivity index (χ2v) is 4.34. The Bertz CT molecular complexity index is 263. The largest absolute Gasteiger partial charge is 0.352 e. The Morgan fingerprint density at radius 3 is 2.50 bits per heavy atom. The number of amides is 1. The normalized spacial score (nSPS) is 21.9. The minimum atomic E-state index is -0.679. The van der Waals surface area contributed by atoms with Crippen LogP contribution in [0.25, 0.3) is 0 Å². The molecule has 1 fully saturated rings. The third kappa shape index (κ3) is 2.06. The smallest absolute Gasteiger partial charge is 0.240 e. The fraction of sp³-hybridized carbons (Fsp3) is 0.818. The lowest BCUT2D eigenvalue weighted by Gasteiger charge is -2.21. The summed E-state index contributed by atoms with van der Waals surface area (Å²) in [6.07, 6.45) is 2.49. The number of carbonyl (C=O) groups excluding carboxylic acids is 1. The number of nitriles is 1. The molecule has 0 spiro atoms. The molecule has 0 radical (unpaired) electrons. The summed E-state index contributed by atoms with van der Waals surface area (Å²) in [4.78, 5) is 11.7. The summed E-state index contributed by atoms with van der Waals surface area (Å²) in [5.74, 6) is 0.390. The van der Waals surface area contributed by atoms with Crippen LogP contribution in [0.3, 0.4) is 0 Å². The maximum Gasteiger partial charge on any atom is 0.240 e. The highest BCUT2D eigenvalue weighted by Gasteiger charge is 2.50. The molecule has 0 heterocycles. The monoisotopic (exact) mass is 194 g/mol. The van der Waals surface area contributed by atoms with Crippen LogP contribution in [-0.4, -0.2) is 11.9 Å². The van der Waals surface area contributed by atoms with Crippen LogP contribution in [0.4, 0.5) is 0 Å². The molecule has 0 aromatic rings. The van der Waals surface area contributed by atoms with Crippen molar-refractivity contribution in [1.29, 1.82) is 5.26 Å². The van der Waals surface area contributed by atoms with Gasteiger partial charge in [0.15, 0.2) is 0 Å². The minimum Gasteiger partial charge on any atom is -0.352 e. The van der Waals surface area contributed by atoms with Gasteiger partial charge < -0.3 is 5.32 Å². The summed E-state index contributed by atoms with van der Waals surface area (Å²) in [5, 5.41) is 11.7. The predicted octanol–water partition coefficient (Wildman–Crippen LogP) is 1.84. The van der Waals surface area contributed by atoms with Gasteiger partial charge in [-0.1, -0.05) is 20.3 Å². The molecule has 3 heteroatoms. The second-order valence-electron chi connectivity index (χ2n) is 4.34. The molecule has 1 saturated carbocycles. The van der Waals surface area contributed by atoms with Crippen molar-refractivity contribution in [2.75, 3.05) is 0 Å². The van der Waals surface area contributed by atoms with Crippen molar-refractivity contribution in [3.05, 3.63) is 0 Å². The number of rotatable bonds is 4. The van der Waals surface area contributed by atoms with Gasteiger partial charge in [0, 0.05) is 6.04 Å². The Kier molecular flexibility index (Phi) is 3.15. The highest BCUT2D eigenvalue weighted by atomic mass is 16.2. The van der Waals surface area contributed by atoms with Crippen LogP contribution < -0.4 is 5.32 Å². The van der Waals surface area contributed by atoms with Crippen molar-refractivity contribution in [1.82, 2.24) is 5.32 Å². The summed E-state index contributed by atoms with van der Waals surface area (Å²) in [7, 11) is 0. The van der Waals surface area contributed by atoms with Crippen molar-refractivity contribution >= 4 is 5.91 Å². The molecule has 14 heavy (non-hydrogen) atoms. The Morgan fingerprint density at radius 2 is 2.14 bits per heavy atom. The fourth-order valence-corrected chi connectivity index (χ4v) is 1.36. The van der Waals surface area contributed by atoms with Crippen molar-refractivity contribution < 1.29 is 4.79 Å². The SMILES string of the molecule is CCC(C)C(C)NC(=O)C1(C#N)CC1. The lowest BCUT2D eigenvalue weighted by atomic mass is 9.99. The highest BCUT2D eigenvalue weighted by Crippen LogP contribution is 2.45. The molecule has 2 atom stereocenters. The van der Waals surface area contributed by atoms with Gasteiger partial charge in [0.1, 0.15) is 5.41 Å².